The van der Waals surface area contributed by atoms with E-state index in [1.165, 1.54) is 11.3 Å². The summed E-state index contributed by atoms with van der Waals surface area (Å²) in [5.41, 5.74) is 7.31. The largest absolute Gasteiger partial charge is 0.364 e. The first-order valence-corrected chi connectivity index (χ1v) is 5.25. The van der Waals surface area contributed by atoms with E-state index in [9.17, 15) is 4.79 Å². The van der Waals surface area contributed by atoms with Crippen LogP contribution in [0.25, 0.3) is 5.13 Å². The summed E-state index contributed by atoms with van der Waals surface area (Å²) >= 11 is 1.35. The first kappa shape index (κ1) is 9.85. The van der Waals surface area contributed by atoms with Crippen LogP contribution in [0.2, 0.25) is 0 Å². The number of aromatic nitrogens is 3. The van der Waals surface area contributed by atoms with Gasteiger partial charge in [-0.15, -0.1) is 11.3 Å². The number of nitrogens with zero attached hydrogens (tertiary/aromatic N) is 3. The van der Waals surface area contributed by atoms with E-state index in [0.29, 0.717) is 5.13 Å². The lowest BCUT2D eigenvalue weighted by Crippen LogP contribution is -2.11. The van der Waals surface area contributed by atoms with E-state index in [-0.39, 0.29) is 5.69 Å². The minimum absolute atomic E-state index is 0.280. The van der Waals surface area contributed by atoms with Crippen LogP contribution in [-0.2, 0) is 0 Å². The summed E-state index contributed by atoms with van der Waals surface area (Å²) in [5.74, 6) is -0.515. The first-order chi connectivity index (χ1) is 7.08. The zero-order valence-electron chi connectivity index (χ0n) is 8.39. The standard InChI is InChI=1S/C9H10N4OS/c1-5-3-6(2)13(12-5)9-11-7(4-15-9)8(10)14/h3-4H,1-2H3,(H2,10,14). The third-order valence-electron chi connectivity index (χ3n) is 1.94. The molecule has 0 aliphatic rings. The Balaban J connectivity index is 2.45. The number of carbonyl (C=O) groups is 1. The van der Waals surface area contributed by atoms with Crippen molar-refractivity contribution in [1.82, 2.24) is 14.8 Å². The van der Waals surface area contributed by atoms with Crippen LogP contribution in [0.4, 0.5) is 0 Å². The molecule has 2 aromatic heterocycles. The molecular weight excluding hydrogens is 212 g/mol. The van der Waals surface area contributed by atoms with E-state index in [1.54, 1.807) is 10.1 Å². The Morgan fingerprint density at radius 3 is 2.73 bits per heavy atom. The van der Waals surface area contributed by atoms with Crippen LogP contribution < -0.4 is 5.73 Å². The number of primary amides is 1. The average molecular weight is 222 g/mol. The van der Waals surface area contributed by atoms with Crippen LogP contribution in [0.1, 0.15) is 21.9 Å². The van der Waals surface area contributed by atoms with E-state index in [2.05, 4.69) is 10.1 Å². The van der Waals surface area contributed by atoms with Crippen molar-refractivity contribution in [2.75, 3.05) is 0 Å². The summed E-state index contributed by atoms with van der Waals surface area (Å²) in [6, 6.07) is 1.95. The van der Waals surface area contributed by atoms with Crippen molar-refractivity contribution >= 4 is 17.2 Å². The maximum atomic E-state index is 10.9. The molecule has 0 spiro atoms. The summed E-state index contributed by atoms with van der Waals surface area (Å²) in [7, 11) is 0. The summed E-state index contributed by atoms with van der Waals surface area (Å²) in [6.07, 6.45) is 0. The van der Waals surface area contributed by atoms with Crippen LogP contribution in [0.5, 0.6) is 0 Å². The van der Waals surface area contributed by atoms with Gasteiger partial charge in [0, 0.05) is 11.1 Å². The minimum Gasteiger partial charge on any atom is -0.364 e. The van der Waals surface area contributed by atoms with Gasteiger partial charge in [0.2, 0.25) is 5.13 Å². The Hall–Kier alpha value is -1.69. The molecule has 1 amide bonds. The monoisotopic (exact) mass is 222 g/mol. The number of carbonyl (C=O) groups excluding carboxylic acids is 1. The highest BCUT2D eigenvalue weighted by atomic mass is 32.1. The van der Waals surface area contributed by atoms with Gasteiger partial charge < -0.3 is 5.73 Å². The number of hydrogen-bond donors (Lipinski definition) is 1. The molecule has 15 heavy (non-hydrogen) atoms. The Bertz CT molecular complexity index is 514. The molecule has 0 aliphatic heterocycles. The van der Waals surface area contributed by atoms with Crippen molar-refractivity contribution in [3.63, 3.8) is 0 Å². The van der Waals surface area contributed by atoms with Crippen LogP contribution in [0.3, 0.4) is 0 Å². The highest BCUT2D eigenvalue weighted by Crippen LogP contribution is 2.16. The molecule has 0 fully saturated rings. The molecule has 0 radical (unpaired) electrons. The van der Waals surface area contributed by atoms with Gasteiger partial charge in [-0.3, -0.25) is 4.79 Å². The van der Waals surface area contributed by atoms with Gasteiger partial charge in [0.1, 0.15) is 5.69 Å². The van der Waals surface area contributed by atoms with E-state index in [1.807, 2.05) is 19.9 Å². The molecule has 2 rings (SSSR count). The second-order valence-corrected chi connectivity index (χ2v) is 4.06. The predicted octanol–water partition coefficient (Wildman–Crippen LogP) is 1.04. The van der Waals surface area contributed by atoms with Crippen molar-refractivity contribution in [3.8, 4) is 5.13 Å². The Kier molecular flexibility index (Phi) is 2.28. The smallest absolute Gasteiger partial charge is 0.268 e. The van der Waals surface area contributed by atoms with Crippen molar-refractivity contribution in [1.29, 1.82) is 0 Å². The summed E-state index contributed by atoms with van der Waals surface area (Å²) in [5, 5.41) is 6.56. The molecule has 0 aliphatic carbocycles. The number of aryl methyl sites for hydroxylation is 2. The van der Waals surface area contributed by atoms with Gasteiger partial charge in [-0.25, -0.2) is 9.67 Å². The van der Waals surface area contributed by atoms with Gasteiger partial charge in [0.25, 0.3) is 5.91 Å². The molecule has 2 aromatic rings. The summed E-state index contributed by atoms with van der Waals surface area (Å²) in [6.45, 7) is 3.84. The molecular formula is C9H10N4OS. The normalized spacial score (nSPS) is 10.5. The van der Waals surface area contributed by atoms with Gasteiger partial charge in [0.05, 0.1) is 5.69 Å². The summed E-state index contributed by atoms with van der Waals surface area (Å²) in [4.78, 5) is 15.0. The molecule has 0 saturated heterocycles. The number of amides is 1. The lowest BCUT2D eigenvalue weighted by molar-refractivity contribution is 0.0996. The quantitative estimate of drug-likeness (QED) is 0.825. The SMILES string of the molecule is Cc1cc(C)n(-c2nc(C(N)=O)cs2)n1. The molecule has 5 nitrogen and oxygen atoms in total. The van der Waals surface area contributed by atoms with E-state index in [4.69, 9.17) is 5.73 Å². The number of hydrogen-bond acceptors (Lipinski definition) is 4. The summed E-state index contributed by atoms with van der Waals surface area (Å²) < 4.78 is 1.70. The van der Waals surface area contributed by atoms with Crippen LogP contribution in [0, 0.1) is 13.8 Å². The molecule has 0 unspecified atom stereocenters. The Morgan fingerprint density at radius 1 is 1.53 bits per heavy atom. The van der Waals surface area contributed by atoms with Gasteiger partial charge >= 0.3 is 0 Å². The fourth-order valence-corrected chi connectivity index (χ4v) is 2.12. The lowest BCUT2D eigenvalue weighted by atomic mass is 10.4. The molecule has 0 saturated carbocycles. The van der Waals surface area contributed by atoms with Crippen molar-refractivity contribution in [2.45, 2.75) is 13.8 Å². The molecule has 2 heterocycles. The van der Waals surface area contributed by atoms with Gasteiger partial charge in [-0.1, -0.05) is 0 Å². The topological polar surface area (TPSA) is 73.8 Å². The van der Waals surface area contributed by atoms with Gasteiger partial charge in [0.15, 0.2) is 0 Å². The predicted molar refractivity (Wildman–Crippen MR) is 57.2 cm³/mol. The fourth-order valence-electron chi connectivity index (χ4n) is 1.30. The fraction of sp³-hybridized carbons (Fsp3) is 0.222. The van der Waals surface area contributed by atoms with E-state index in [0.717, 1.165) is 11.4 Å². The highest BCUT2D eigenvalue weighted by molar-refractivity contribution is 7.12. The van der Waals surface area contributed by atoms with Crippen molar-refractivity contribution < 1.29 is 4.79 Å². The van der Waals surface area contributed by atoms with Crippen LogP contribution in [0.15, 0.2) is 11.4 Å². The second-order valence-electron chi connectivity index (χ2n) is 3.22. The molecule has 0 aromatic carbocycles. The minimum atomic E-state index is -0.515. The number of nitrogens with two attached hydrogens (primary N) is 1. The zero-order chi connectivity index (χ0) is 11.0. The van der Waals surface area contributed by atoms with Gasteiger partial charge in [-0.05, 0) is 19.9 Å². The maximum absolute atomic E-state index is 10.9. The lowest BCUT2D eigenvalue weighted by Gasteiger charge is -1.96. The molecule has 78 valence electrons. The molecule has 6 heteroatoms. The van der Waals surface area contributed by atoms with E-state index >= 15 is 0 Å². The Morgan fingerprint density at radius 2 is 2.27 bits per heavy atom. The molecule has 0 bridgehead atoms. The third kappa shape index (κ3) is 1.75. The molecule has 2 N–H and O–H groups in total. The first-order valence-electron chi connectivity index (χ1n) is 4.37. The Labute approximate surface area is 90.6 Å². The molecule has 0 atom stereocenters. The third-order valence-corrected chi connectivity index (χ3v) is 2.75. The number of thiazole rings is 1. The average Bonchev–Trinajstić information content (AvgIpc) is 2.71. The highest BCUT2D eigenvalue weighted by Gasteiger charge is 2.10. The second kappa shape index (κ2) is 3.47. The number of rotatable bonds is 2. The van der Waals surface area contributed by atoms with Crippen LogP contribution >= 0.6 is 11.3 Å². The van der Waals surface area contributed by atoms with Crippen molar-refractivity contribution in [3.05, 3.63) is 28.5 Å². The van der Waals surface area contributed by atoms with Gasteiger partial charge in [-0.2, -0.15) is 5.10 Å². The van der Waals surface area contributed by atoms with E-state index < -0.39 is 5.91 Å². The zero-order valence-corrected chi connectivity index (χ0v) is 9.21. The maximum Gasteiger partial charge on any atom is 0.268 e. The van der Waals surface area contributed by atoms with Crippen LogP contribution in [-0.4, -0.2) is 20.7 Å². The van der Waals surface area contributed by atoms with Crippen molar-refractivity contribution in [2.24, 2.45) is 5.73 Å².